The van der Waals surface area contributed by atoms with Crippen LogP contribution in [0.25, 0.3) is 0 Å². The van der Waals surface area contributed by atoms with Gasteiger partial charge in [-0.15, -0.1) is 0 Å². The van der Waals surface area contributed by atoms with Gasteiger partial charge in [0.25, 0.3) is 0 Å². The molecule has 5 heteroatoms. The van der Waals surface area contributed by atoms with Crippen molar-refractivity contribution >= 4 is 10.0 Å². The summed E-state index contributed by atoms with van der Waals surface area (Å²) in [7, 11) is -3.39. The molecule has 1 aromatic carbocycles. The molecule has 1 saturated carbocycles. The minimum absolute atomic E-state index is 0.122. The van der Waals surface area contributed by atoms with E-state index in [1.165, 1.54) is 0 Å². The largest absolute Gasteiger partial charge is 0.310 e. The Labute approximate surface area is 122 Å². The van der Waals surface area contributed by atoms with Gasteiger partial charge in [-0.1, -0.05) is 32.4 Å². The monoisotopic (exact) mass is 296 g/mol. The molecule has 112 valence electrons. The summed E-state index contributed by atoms with van der Waals surface area (Å²) in [6.07, 6.45) is 3.02. The topological polar surface area (TPSA) is 58.2 Å². The molecule has 1 aromatic rings. The number of sulfonamides is 1. The SMILES string of the molecule is Cc1c(CNC(C)C)cccc1S(=O)(=O)NC1CCC1. The molecule has 0 bridgehead atoms. The normalized spacial score (nSPS) is 16.4. The van der Waals surface area contributed by atoms with Gasteiger partial charge in [-0.2, -0.15) is 0 Å². The summed E-state index contributed by atoms with van der Waals surface area (Å²) in [5.41, 5.74) is 1.88. The Kier molecular flexibility index (Phi) is 4.83. The lowest BCUT2D eigenvalue weighted by molar-refractivity contribution is 0.383. The zero-order valence-electron chi connectivity index (χ0n) is 12.4. The van der Waals surface area contributed by atoms with Crippen molar-refractivity contribution < 1.29 is 8.42 Å². The first-order valence-electron chi connectivity index (χ1n) is 7.24. The number of hydrogen-bond acceptors (Lipinski definition) is 3. The average Bonchev–Trinajstić information content (AvgIpc) is 2.32. The third-order valence-electron chi connectivity index (χ3n) is 3.81. The van der Waals surface area contributed by atoms with E-state index in [0.29, 0.717) is 17.5 Å². The quantitative estimate of drug-likeness (QED) is 0.847. The molecule has 2 rings (SSSR count). The van der Waals surface area contributed by atoms with E-state index in [1.54, 1.807) is 6.07 Å². The molecule has 0 aromatic heterocycles. The van der Waals surface area contributed by atoms with E-state index in [4.69, 9.17) is 0 Å². The van der Waals surface area contributed by atoms with E-state index < -0.39 is 10.0 Å². The molecule has 0 radical (unpaired) electrons. The van der Waals surface area contributed by atoms with Crippen LogP contribution in [0.3, 0.4) is 0 Å². The minimum atomic E-state index is -3.39. The van der Waals surface area contributed by atoms with E-state index in [1.807, 2.05) is 19.1 Å². The van der Waals surface area contributed by atoms with Crippen LogP contribution >= 0.6 is 0 Å². The second kappa shape index (κ2) is 6.24. The van der Waals surface area contributed by atoms with Crippen molar-refractivity contribution in [1.29, 1.82) is 0 Å². The lowest BCUT2D eigenvalue weighted by Gasteiger charge is -2.26. The summed E-state index contributed by atoms with van der Waals surface area (Å²) in [6.45, 7) is 6.73. The second-order valence-electron chi connectivity index (χ2n) is 5.82. The minimum Gasteiger partial charge on any atom is -0.310 e. The van der Waals surface area contributed by atoms with Crippen LogP contribution in [-0.2, 0) is 16.6 Å². The highest BCUT2D eigenvalue weighted by molar-refractivity contribution is 7.89. The van der Waals surface area contributed by atoms with Crippen molar-refractivity contribution in [2.75, 3.05) is 0 Å². The van der Waals surface area contributed by atoms with E-state index in [9.17, 15) is 8.42 Å². The molecule has 0 heterocycles. The summed E-state index contributed by atoms with van der Waals surface area (Å²) in [5, 5.41) is 3.33. The molecule has 0 aliphatic heterocycles. The Morgan fingerprint density at radius 1 is 1.30 bits per heavy atom. The summed E-state index contributed by atoms with van der Waals surface area (Å²) >= 11 is 0. The molecule has 0 spiro atoms. The van der Waals surface area contributed by atoms with Crippen LogP contribution in [-0.4, -0.2) is 20.5 Å². The van der Waals surface area contributed by atoms with Crippen molar-refractivity contribution in [3.63, 3.8) is 0 Å². The molecule has 0 amide bonds. The third-order valence-corrected chi connectivity index (χ3v) is 5.48. The zero-order chi connectivity index (χ0) is 14.8. The molecule has 1 aliphatic rings. The predicted molar refractivity (Wildman–Crippen MR) is 81.1 cm³/mol. The Morgan fingerprint density at radius 3 is 2.55 bits per heavy atom. The number of hydrogen-bond donors (Lipinski definition) is 2. The Hall–Kier alpha value is -0.910. The molecular formula is C15H24N2O2S. The summed E-state index contributed by atoms with van der Waals surface area (Å²) in [6, 6.07) is 5.99. The summed E-state index contributed by atoms with van der Waals surface area (Å²) in [5.74, 6) is 0. The van der Waals surface area contributed by atoms with Crippen molar-refractivity contribution in [1.82, 2.24) is 10.0 Å². The van der Waals surface area contributed by atoms with Crippen LogP contribution in [0.4, 0.5) is 0 Å². The van der Waals surface area contributed by atoms with Gasteiger partial charge in [0, 0.05) is 18.6 Å². The molecule has 1 aliphatic carbocycles. The summed E-state index contributed by atoms with van der Waals surface area (Å²) < 4.78 is 27.6. The molecule has 2 N–H and O–H groups in total. The van der Waals surface area contributed by atoms with Gasteiger partial charge in [0.15, 0.2) is 0 Å². The first-order chi connectivity index (χ1) is 9.40. The lowest BCUT2D eigenvalue weighted by atomic mass is 9.94. The molecule has 4 nitrogen and oxygen atoms in total. The number of benzene rings is 1. The number of rotatable bonds is 6. The first kappa shape index (κ1) is 15.5. The molecule has 1 fully saturated rings. The van der Waals surface area contributed by atoms with Gasteiger partial charge < -0.3 is 5.32 Å². The van der Waals surface area contributed by atoms with Crippen LogP contribution in [0.5, 0.6) is 0 Å². The number of nitrogens with one attached hydrogen (secondary N) is 2. The van der Waals surface area contributed by atoms with E-state index >= 15 is 0 Å². The summed E-state index contributed by atoms with van der Waals surface area (Å²) in [4.78, 5) is 0.410. The zero-order valence-corrected chi connectivity index (χ0v) is 13.3. The molecule has 20 heavy (non-hydrogen) atoms. The van der Waals surface area contributed by atoms with E-state index in [0.717, 1.165) is 30.4 Å². The van der Waals surface area contributed by atoms with E-state index in [-0.39, 0.29) is 6.04 Å². The van der Waals surface area contributed by atoms with Crippen molar-refractivity contribution in [2.45, 2.75) is 63.6 Å². The lowest BCUT2D eigenvalue weighted by Crippen LogP contribution is -2.39. The van der Waals surface area contributed by atoms with Crippen LogP contribution < -0.4 is 10.0 Å². The fraction of sp³-hybridized carbons (Fsp3) is 0.600. The Bertz CT molecular complexity index is 563. The van der Waals surface area contributed by atoms with Crippen LogP contribution in [0.15, 0.2) is 23.1 Å². The van der Waals surface area contributed by atoms with Crippen LogP contribution in [0, 0.1) is 6.92 Å². The highest BCUT2D eigenvalue weighted by Gasteiger charge is 2.26. The molecule has 0 unspecified atom stereocenters. The Balaban J connectivity index is 2.20. The fourth-order valence-electron chi connectivity index (χ4n) is 2.27. The van der Waals surface area contributed by atoms with Crippen molar-refractivity contribution in [3.8, 4) is 0 Å². The van der Waals surface area contributed by atoms with Gasteiger partial charge in [-0.05, 0) is 37.0 Å². The van der Waals surface area contributed by atoms with Gasteiger partial charge in [0.1, 0.15) is 0 Å². The standard InChI is InChI=1S/C15H24N2O2S/c1-11(2)16-10-13-6-4-9-15(12(13)3)20(18,19)17-14-7-5-8-14/h4,6,9,11,14,16-17H,5,7-8,10H2,1-3H3. The van der Waals surface area contributed by atoms with Gasteiger partial charge in [0.2, 0.25) is 10.0 Å². The average molecular weight is 296 g/mol. The van der Waals surface area contributed by atoms with Crippen LogP contribution in [0.2, 0.25) is 0 Å². The van der Waals surface area contributed by atoms with Gasteiger partial charge in [-0.25, -0.2) is 13.1 Å². The van der Waals surface area contributed by atoms with Crippen molar-refractivity contribution in [3.05, 3.63) is 29.3 Å². The first-order valence-corrected chi connectivity index (χ1v) is 8.72. The van der Waals surface area contributed by atoms with Gasteiger partial charge in [-0.3, -0.25) is 0 Å². The van der Waals surface area contributed by atoms with E-state index in [2.05, 4.69) is 23.9 Å². The van der Waals surface area contributed by atoms with Crippen LogP contribution in [0.1, 0.15) is 44.2 Å². The predicted octanol–water partition coefficient (Wildman–Crippen LogP) is 2.32. The maximum absolute atomic E-state index is 12.4. The molecular weight excluding hydrogens is 272 g/mol. The Morgan fingerprint density at radius 2 is 2.00 bits per heavy atom. The maximum Gasteiger partial charge on any atom is 0.241 e. The van der Waals surface area contributed by atoms with Gasteiger partial charge in [0.05, 0.1) is 4.90 Å². The smallest absolute Gasteiger partial charge is 0.241 e. The highest BCUT2D eigenvalue weighted by atomic mass is 32.2. The third kappa shape index (κ3) is 3.59. The van der Waals surface area contributed by atoms with Gasteiger partial charge >= 0.3 is 0 Å². The molecule has 0 saturated heterocycles. The fourth-order valence-corrected chi connectivity index (χ4v) is 3.86. The molecule has 0 atom stereocenters. The highest BCUT2D eigenvalue weighted by Crippen LogP contribution is 2.23. The maximum atomic E-state index is 12.4. The van der Waals surface area contributed by atoms with Crippen molar-refractivity contribution in [2.24, 2.45) is 0 Å². The second-order valence-corrected chi connectivity index (χ2v) is 7.51.